The van der Waals surface area contributed by atoms with Crippen LogP contribution in [0.5, 0.6) is 0 Å². The summed E-state index contributed by atoms with van der Waals surface area (Å²) in [5.74, 6) is -1.22. The standard InChI is InChI=1S/C6H10O4/c1-3(7)5(9)6(10)4(2)8/h5-10H,1-2H2/t5-,6-/m1/s1. The molecule has 4 nitrogen and oxygen atoms in total. The van der Waals surface area contributed by atoms with E-state index < -0.39 is 23.7 Å². The first kappa shape index (κ1) is 9.00. The van der Waals surface area contributed by atoms with E-state index in [1.807, 2.05) is 0 Å². The van der Waals surface area contributed by atoms with Gasteiger partial charge in [0.05, 0.1) is 0 Å². The Morgan fingerprint density at radius 3 is 1.20 bits per heavy atom. The Morgan fingerprint density at radius 1 is 0.900 bits per heavy atom. The molecule has 0 saturated heterocycles. The lowest BCUT2D eigenvalue weighted by molar-refractivity contribution is 0.0181. The first-order valence-corrected chi connectivity index (χ1v) is 2.58. The zero-order valence-corrected chi connectivity index (χ0v) is 5.36. The SMILES string of the molecule is C=C(O)[C@@H](O)[C@H](O)C(=C)O. The van der Waals surface area contributed by atoms with Gasteiger partial charge < -0.3 is 20.4 Å². The van der Waals surface area contributed by atoms with Crippen molar-refractivity contribution in [3.63, 3.8) is 0 Å². The minimum atomic E-state index is -1.57. The summed E-state index contributed by atoms with van der Waals surface area (Å²) in [6.07, 6.45) is -3.14. The van der Waals surface area contributed by atoms with Gasteiger partial charge in [-0.25, -0.2) is 0 Å². The van der Waals surface area contributed by atoms with Gasteiger partial charge in [-0.1, -0.05) is 13.2 Å². The average Bonchev–Trinajstić information content (AvgIpc) is 1.84. The maximum absolute atomic E-state index is 8.75. The van der Waals surface area contributed by atoms with Crippen molar-refractivity contribution in [2.75, 3.05) is 0 Å². The molecule has 4 N–H and O–H groups in total. The molecule has 0 bridgehead atoms. The van der Waals surface area contributed by atoms with Crippen LogP contribution >= 0.6 is 0 Å². The molecule has 58 valence electrons. The van der Waals surface area contributed by atoms with E-state index >= 15 is 0 Å². The molecule has 0 aliphatic rings. The molecule has 0 aromatic carbocycles. The van der Waals surface area contributed by atoms with E-state index in [1.54, 1.807) is 0 Å². The second kappa shape index (κ2) is 3.24. The molecule has 0 aliphatic carbocycles. The van der Waals surface area contributed by atoms with E-state index in [-0.39, 0.29) is 0 Å². The first-order chi connectivity index (χ1) is 4.46. The molecule has 0 radical (unpaired) electrons. The van der Waals surface area contributed by atoms with Crippen molar-refractivity contribution >= 4 is 0 Å². The van der Waals surface area contributed by atoms with Crippen molar-refractivity contribution in [1.29, 1.82) is 0 Å². The Bertz CT molecular complexity index is 134. The molecule has 0 aromatic heterocycles. The monoisotopic (exact) mass is 146 g/mol. The molecule has 4 heteroatoms. The van der Waals surface area contributed by atoms with Gasteiger partial charge in [-0.2, -0.15) is 0 Å². The smallest absolute Gasteiger partial charge is 0.143 e. The molecule has 0 rings (SSSR count). The van der Waals surface area contributed by atoms with Crippen molar-refractivity contribution in [1.82, 2.24) is 0 Å². The van der Waals surface area contributed by atoms with Crippen LogP contribution in [0.2, 0.25) is 0 Å². The molecule has 0 aromatic rings. The molecular formula is C6H10O4. The topological polar surface area (TPSA) is 80.9 Å². The van der Waals surface area contributed by atoms with Gasteiger partial charge in [0.1, 0.15) is 23.7 Å². The van der Waals surface area contributed by atoms with Crippen LogP contribution < -0.4 is 0 Å². The minimum Gasteiger partial charge on any atom is -0.510 e. The number of aliphatic hydroxyl groups is 4. The number of hydrogen-bond acceptors (Lipinski definition) is 4. The van der Waals surface area contributed by atoms with E-state index in [0.29, 0.717) is 0 Å². The summed E-state index contributed by atoms with van der Waals surface area (Å²) in [5, 5.41) is 34.5. The van der Waals surface area contributed by atoms with Gasteiger partial charge in [0, 0.05) is 0 Å². The third-order valence-corrected chi connectivity index (χ3v) is 0.982. The van der Waals surface area contributed by atoms with Crippen molar-refractivity contribution in [3.05, 3.63) is 24.7 Å². The van der Waals surface area contributed by atoms with E-state index in [2.05, 4.69) is 13.2 Å². The largest absolute Gasteiger partial charge is 0.510 e. The molecule has 0 aliphatic heterocycles. The lowest BCUT2D eigenvalue weighted by Crippen LogP contribution is -2.28. The molecule has 10 heavy (non-hydrogen) atoms. The van der Waals surface area contributed by atoms with E-state index in [0.717, 1.165) is 0 Å². The van der Waals surface area contributed by atoms with Crippen LogP contribution in [0.4, 0.5) is 0 Å². The van der Waals surface area contributed by atoms with Crippen molar-refractivity contribution in [2.24, 2.45) is 0 Å². The van der Waals surface area contributed by atoms with Crippen LogP contribution in [0.3, 0.4) is 0 Å². The van der Waals surface area contributed by atoms with Crippen LogP contribution in [-0.2, 0) is 0 Å². The molecule has 0 heterocycles. The molecule has 2 atom stereocenters. The fourth-order valence-corrected chi connectivity index (χ4v) is 0.364. The number of aliphatic hydroxyl groups excluding tert-OH is 4. The fourth-order valence-electron chi connectivity index (χ4n) is 0.364. The van der Waals surface area contributed by atoms with Crippen LogP contribution in [0.1, 0.15) is 0 Å². The predicted molar refractivity (Wildman–Crippen MR) is 35.6 cm³/mol. The van der Waals surface area contributed by atoms with Crippen LogP contribution in [-0.4, -0.2) is 32.6 Å². The van der Waals surface area contributed by atoms with Crippen molar-refractivity contribution in [3.8, 4) is 0 Å². The van der Waals surface area contributed by atoms with Crippen LogP contribution in [0.15, 0.2) is 24.7 Å². The lowest BCUT2D eigenvalue weighted by Gasteiger charge is -2.14. The minimum absolute atomic E-state index is 0.609. The van der Waals surface area contributed by atoms with Gasteiger partial charge in [0.15, 0.2) is 0 Å². The van der Waals surface area contributed by atoms with Gasteiger partial charge in [0.2, 0.25) is 0 Å². The Hall–Kier alpha value is -1.00. The second-order valence-corrected chi connectivity index (χ2v) is 1.87. The maximum Gasteiger partial charge on any atom is 0.143 e. The summed E-state index contributed by atoms with van der Waals surface area (Å²) in [7, 11) is 0. The summed E-state index contributed by atoms with van der Waals surface area (Å²) in [6, 6.07) is 0. The summed E-state index contributed by atoms with van der Waals surface area (Å²) >= 11 is 0. The Balaban J connectivity index is 4.07. The predicted octanol–water partition coefficient (Wildman–Crippen LogP) is -0.148. The van der Waals surface area contributed by atoms with Gasteiger partial charge in [0.25, 0.3) is 0 Å². The maximum atomic E-state index is 8.75. The highest BCUT2D eigenvalue weighted by Crippen LogP contribution is 2.06. The highest BCUT2D eigenvalue weighted by Gasteiger charge is 2.20. The molecular weight excluding hydrogens is 136 g/mol. The van der Waals surface area contributed by atoms with Gasteiger partial charge in [-0.15, -0.1) is 0 Å². The molecule has 0 unspecified atom stereocenters. The fraction of sp³-hybridized carbons (Fsp3) is 0.333. The number of rotatable bonds is 3. The van der Waals surface area contributed by atoms with E-state index in [9.17, 15) is 0 Å². The third kappa shape index (κ3) is 2.08. The molecule has 0 saturated carbocycles. The van der Waals surface area contributed by atoms with Crippen LogP contribution in [0.25, 0.3) is 0 Å². The second-order valence-electron chi connectivity index (χ2n) is 1.87. The summed E-state index contributed by atoms with van der Waals surface area (Å²) in [5.41, 5.74) is 0. The normalized spacial score (nSPS) is 15.8. The van der Waals surface area contributed by atoms with Gasteiger partial charge in [-0.05, 0) is 0 Å². The Labute approximate surface area is 58.4 Å². The number of hydrogen-bond donors (Lipinski definition) is 4. The Morgan fingerprint density at radius 2 is 1.10 bits per heavy atom. The summed E-state index contributed by atoms with van der Waals surface area (Å²) in [4.78, 5) is 0. The van der Waals surface area contributed by atoms with Crippen LogP contribution in [0, 0.1) is 0 Å². The first-order valence-electron chi connectivity index (χ1n) is 2.58. The molecule has 0 spiro atoms. The molecule has 0 fully saturated rings. The third-order valence-electron chi connectivity index (χ3n) is 0.982. The zero-order valence-electron chi connectivity index (χ0n) is 5.36. The van der Waals surface area contributed by atoms with Gasteiger partial charge >= 0.3 is 0 Å². The Kier molecular flexibility index (Phi) is 2.92. The zero-order chi connectivity index (χ0) is 8.31. The van der Waals surface area contributed by atoms with Crippen molar-refractivity contribution in [2.45, 2.75) is 12.2 Å². The molecule has 0 amide bonds. The average molecular weight is 146 g/mol. The van der Waals surface area contributed by atoms with Crippen molar-refractivity contribution < 1.29 is 20.4 Å². The lowest BCUT2D eigenvalue weighted by atomic mass is 10.1. The quantitative estimate of drug-likeness (QED) is 0.417. The summed E-state index contributed by atoms with van der Waals surface area (Å²) < 4.78 is 0. The highest BCUT2D eigenvalue weighted by atomic mass is 16.4. The summed E-state index contributed by atoms with van der Waals surface area (Å²) in [6.45, 7) is 5.90. The van der Waals surface area contributed by atoms with E-state index in [1.165, 1.54) is 0 Å². The van der Waals surface area contributed by atoms with Gasteiger partial charge in [-0.3, -0.25) is 0 Å². The highest BCUT2D eigenvalue weighted by molar-refractivity contribution is 5.03. The van der Waals surface area contributed by atoms with E-state index in [4.69, 9.17) is 20.4 Å².